The molecule has 0 radical (unpaired) electrons. The highest BCUT2D eigenvalue weighted by Crippen LogP contribution is 2.20. The van der Waals surface area contributed by atoms with E-state index in [1.54, 1.807) is 13.8 Å². The van der Waals surface area contributed by atoms with Gasteiger partial charge in [0.05, 0.1) is 0 Å². The molecule has 0 aliphatic rings. The molecule has 0 bridgehead atoms. The first-order chi connectivity index (χ1) is 4.63. The molecular weight excluding hydrogens is 131 g/mol. The Kier molecular flexibility index (Phi) is 1.62. The minimum absolute atomic E-state index is 0.152. The summed E-state index contributed by atoms with van der Waals surface area (Å²) in [4.78, 5) is 0. The van der Waals surface area contributed by atoms with E-state index in [1.807, 2.05) is 0 Å². The fourth-order valence-corrected chi connectivity index (χ4v) is 0.773. The highest BCUT2D eigenvalue weighted by atomic mass is 19.1. The van der Waals surface area contributed by atoms with Gasteiger partial charge in [0.25, 0.3) is 0 Å². The zero-order valence-electron chi connectivity index (χ0n) is 5.98. The molecule has 0 atom stereocenters. The zero-order valence-corrected chi connectivity index (χ0v) is 5.98. The molecular formula is C8H9FO. The average Bonchev–Trinajstić information content (AvgIpc) is 1.93. The topological polar surface area (TPSA) is 20.2 Å². The lowest BCUT2D eigenvalue weighted by Crippen LogP contribution is -1.86. The number of aromatic hydroxyl groups is 1. The van der Waals surface area contributed by atoms with E-state index in [9.17, 15) is 4.39 Å². The van der Waals surface area contributed by atoms with Crippen molar-refractivity contribution in [3.05, 3.63) is 29.1 Å². The smallest absolute Gasteiger partial charge is 0.126 e. The maximum absolute atomic E-state index is 12.6. The molecule has 0 fully saturated rings. The number of hydrogen-bond donors (Lipinski definition) is 1. The van der Waals surface area contributed by atoms with Crippen LogP contribution in [-0.4, -0.2) is 5.11 Å². The van der Waals surface area contributed by atoms with Crippen LogP contribution in [0.15, 0.2) is 12.1 Å². The number of halogens is 1. The molecule has 0 aliphatic carbocycles. The number of phenols is 1. The predicted octanol–water partition coefficient (Wildman–Crippen LogP) is 2.15. The molecule has 0 saturated heterocycles. The van der Waals surface area contributed by atoms with Crippen LogP contribution in [0.4, 0.5) is 4.39 Å². The van der Waals surface area contributed by atoms with Crippen molar-refractivity contribution in [3.63, 3.8) is 0 Å². The predicted molar refractivity (Wildman–Crippen MR) is 37.5 cm³/mol. The Balaban J connectivity index is 3.34. The lowest BCUT2D eigenvalue weighted by molar-refractivity contribution is 0.467. The molecule has 0 aliphatic heterocycles. The van der Waals surface area contributed by atoms with Crippen molar-refractivity contribution in [2.24, 2.45) is 0 Å². The van der Waals surface area contributed by atoms with Gasteiger partial charge in [0.1, 0.15) is 11.6 Å². The number of benzene rings is 1. The molecule has 54 valence electrons. The van der Waals surface area contributed by atoms with E-state index >= 15 is 0 Å². The Hall–Kier alpha value is -1.05. The van der Waals surface area contributed by atoms with Crippen molar-refractivity contribution in [3.8, 4) is 5.75 Å². The van der Waals surface area contributed by atoms with E-state index in [1.165, 1.54) is 12.1 Å². The van der Waals surface area contributed by atoms with Gasteiger partial charge < -0.3 is 5.11 Å². The van der Waals surface area contributed by atoms with Crippen molar-refractivity contribution in [2.75, 3.05) is 0 Å². The highest BCUT2D eigenvalue weighted by molar-refractivity contribution is 5.37. The quantitative estimate of drug-likeness (QED) is 0.585. The molecule has 1 aromatic rings. The lowest BCUT2D eigenvalue weighted by atomic mass is 10.1. The van der Waals surface area contributed by atoms with Gasteiger partial charge in [-0.25, -0.2) is 4.39 Å². The molecule has 0 unspecified atom stereocenters. The summed E-state index contributed by atoms with van der Waals surface area (Å²) in [7, 11) is 0. The van der Waals surface area contributed by atoms with Gasteiger partial charge in [0, 0.05) is 0 Å². The van der Waals surface area contributed by atoms with Gasteiger partial charge in [-0.05, 0) is 37.1 Å². The van der Waals surface area contributed by atoms with Crippen LogP contribution in [-0.2, 0) is 0 Å². The molecule has 0 saturated carbocycles. The van der Waals surface area contributed by atoms with Crippen molar-refractivity contribution >= 4 is 0 Å². The normalized spacial score (nSPS) is 9.90. The van der Waals surface area contributed by atoms with Crippen LogP contribution in [0, 0.1) is 19.7 Å². The molecule has 0 aromatic heterocycles. The van der Waals surface area contributed by atoms with Crippen molar-refractivity contribution in [2.45, 2.75) is 13.8 Å². The van der Waals surface area contributed by atoms with E-state index in [4.69, 9.17) is 5.11 Å². The SMILES string of the molecule is Cc1c(O)ccc(F)c1C. The zero-order chi connectivity index (χ0) is 7.72. The minimum Gasteiger partial charge on any atom is -0.508 e. The summed E-state index contributed by atoms with van der Waals surface area (Å²) in [6.07, 6.45) is 0. The van der Waals surface area contributed by atoms with Gasteiger partial charge in [0.15, 0.2) is 0 Å². The van der Waals surface area contributed by atoms with Crippen LogP contribution in [0.5, 0.6) is 5.75 Å². The van der Waals surface area contributed by atoms with E-state index < -0.39 is 0 Å². The third-order valence-electron chi connectivity index (χ3n) is 1.69. The second kappa shape index (κ2) is 2.29. The summed E-state index contributed by atoms with van der Waals surface area (Å²) in [5.41, 5.74) is 1.13. The molecule has 0 heterocycles. The summed E-state index contributed by atoms with van der Waals surface area (Å²) in [6, 6.07) is 2.62. The average molecular weight is 140 g/mol. The van der Waals surface area contributed by atoms with Crippen molar-refractivity contribution < 1.29 is 9.50 Å². The molecule has 1 N–H and O–H groups in total. The molecule has 1 rings (SSSR count). The summed E-state index contributed by atoms with van der Waals surface area (Å²) >= 11 is 0. The monoisotopic (exact) mass is 140 g/mol. The summed E-state index contributed by atoms with van der Waals surface area (Å²) in [5.74, 6) is -0.116. The van der Waals surface area contributed by atoms with Gasteiger partial charge in [-0.2, -0.15) is 0 Å². The van der Waals surface area contributed by atoms with E-state index in [-0.39, 0.29) is 11.6 Å². The van der Waals surface area contributed by atoms with Crippen molar-refractivity contribution in [1.29, 1.82) is 0 Å². The lowest BCUT2D eigenvalue weighted by Gasteiger charge is -2.02. The first kappa shape index (κ1) is 7.06. The molecule has 2 heteroatoms. The maximum atomic E-state index is 12.6. The second-order valence-corrected chi connectivity index (χ2v) is 2.32. The van der Waals surface area contributed by atoms with E-state index in [0.717, 1.165) is 0 Å². The first-order valence-electron chi connectivity index (χ1n) is 3.07. The fourth-order valence-electron chi connectivity index (χ4n) is 0.773. The van der Waals surface area contributed by atoms with Gasteiger partial charge in [-0.15, -0.1) is 0 Å². The Labute approximate surface area is 59.1 Å². The standard InChI is InChI=1S/C8H9FO/c1-5-6(2)8(10)4-3-7(5)9/h3-4,10H,1-2H3. The van der Waals surface area contributed by atoms with Gasteiger partial charge in [-0.1, -0.05) is 0 Å². The summed E-state index contributed by atoms with van der Waals surface area (Å²) in [5, 5.41) is 9.06. The molecule has 0 spiro atoms. The third-order valence-corrected chi connectivity index (χ3v) is 1.69. The molecule has 1 nitrogen and oxygen atoms in total. The Morgan fingerprint density at radius 1 is 1.20 bits per heavy atom. The maximum Gasteiger partial charge on any atom is 0.126 e. The van der Waals surface area contributed by atoms with Crippen LogP contribution in [0.2, 0.25) is 0 Å². The highest BCUT2D eigenvalue weighted by Gasteiger charge is 2.02. The largest absolute Gasteiger partial charge is 0.508 e. The Morgan fingerprint density at radius 2 is 1.80 bits per heavy atom. The van der Waals surface area contributed by atoms with Gasteiger partial charge in [-0.3, -0.25) is 0 Å². The Morgan fingerprint density at radius 3 is 2.30 bits per heavy atom. The van der Waals surface area contributed by atoms with Crippen LogP contribution >= 0.6 is 0 Å². The number of hydrogen-bond acceptors (Lipinski definition) is 1. The minimum atomic E-state index is -0.268. The molecule has 0 amide bonds. The Bertz CT molecular complexity index is 229. The van der Waals surface area contributed by atoms with Crippen molar-refractivity contribution in [1.82, 2.24) is 0 Å². The van der Waals surface area contributed by atoms with E-state index in [2.05, 4.69) is 0 Å². The summed E-state index contributed by atoms with van der Waals surface area (Å²) in [6.45, 7) is 3.33. The second-order valence-electron chi connectivity index (χ2n) is 2.32. The van der Waals surface area contributed by atoms with Crippen LogP contribution < -0.4 is 0 Å². The third kappa shape index (κ3) is 0.967. The number of rotatable bonds is 0. The molecule has 10 heavy (non-hydrogen) atoms. The fraction of sp³-hybridized carbons (Fsp3) is 0.250. The van der Waals surface area contributed by atoms with Crippen LogP contribution in [0.1, 0.15) is 11.1 Å². The summed E-state index contributed by atoms with van der Waals surface area (Å²) < 4.78 is 12.6. The molecule has 1 aromatic carbocycles. The first-order valence-corrected chi connectivity index (χ1v) is 3.07. The van der Waals surface area contributed by atoms with E-state index in [0.29, 0.717) is 11.1 Å². The van der Waals surface area contributed by atoms with Crippen LogP contribution in [0.25, 0.3) is 0 Å². The van der Waals surface area contributed by atoms with Crippen LogP contribution in [0.3, 0.4) is 0 Å². The van der Waals surface area contributed by atoms with Gasteiger partial charge in [0.2, 0.25) is 0 Å². The number of phenolic OH excluding ortho intramolecular Hbond substituents is 1. The van der Waals surface area contributed by atoms with Gasteiger partial charge >= 0.3 is 0 Å².